The number of hydrogen-bond donors (Lipinski definition) is 1. The Hall–Kier alpha value is -3.13. The molecule has 0 saturated heterocycles. The van der Waals surface area contributed by atoms with Crippen LogP contribution in [0.4, 0.5) is 5.69 Å². The first-order chi connectivity index (χ1) is 12.9. The van der Waals surface area contributed by atoms with Crippen molar-refractivity contribution in [3.05, 3.63) is 68.7 Å². The first kappa shape index (κ1) is 20.2. The molecule has 2 rings (SSSR count). The highest BCUT2D eigenvalue weighted by atomic mass is 35.5. The number of carbonyl (C=O) groups excluding carboxylic acids is 2. The van der Waals surface area contributed by atoms with E-state index in [1.54, 1.807) is 12.1 Å². The summed E-state index contributed by atoms with van der Waals surface area (Å²) in [6.07, 6.45) is 0.598. The van der Waals surface area contributed by atoms with E-state index in [0.717, 1.165) is 11.6 Å². The van der Waals surface area contributed by atoms with Gasteiger partial charge >= 0.3 is 11.7 Å². The molecule has 0 aliphatic rings. The molecule has 1 amide bonds. The van der Waals surface area contributed by atoms with E-state index >= 15 is 0 Å². The van der Waals surface area contributed by atoms with Gasteiger partial charge in [0.2, 0.25) is 0 Å². The van der Waals surface area contributed by atoms with Crippen molar-refractivity contribution in [3.63, 3.8) is 0 Å². The molecule has 8 nitrogen and oxygen atoms in total. The maximum absolute atomic E-state index is 11.9. The second kappa shape index (κ2) is 9.54. The fourth-order valence-corrected chi connectivity index (χ4v) is 2.34. The van der Waals surface area contributed by atoms with E-state index < -0.39 is 23.4 Å². The molecule has 2 aromatic carbocycles. The zero-order valence-electron chi connectivity index (χ0n) is 14.4. The Morgan fingerprint density at radius 3 is 2.52 bits per heavy atom. The Morgan fingerprint density at radius 1 is 1.19 bits per heavy atom. The Balaban J connectivity index is 1.92. The van der Waals surface area contributed by atoms with E-state index in [-0.39, 0.29) is 17.0 Å². The highest BCUT2D eigenvalue weighted by molar-refractivity contribution is 6.30. The molecular formula is C18H17ClN2O6. The lowest BCUT2D eigenvalue weighted by atomic mass is 10.1. The number of esters is 1. The van der Waals surface area contributed by atoms with Crippen LogP contribution in [0.2, 0.25) is 5.02 Å². The summed E-state index contributed by atoms with van der Waals surface area (Å²) in [6, 6.07) is 10.8. The number of nitro benzene ring substituents is 1. The average Bonchev–Trinajstić information content (AvgIpc) is 2.67. The minimum atomic E-state index is -0.665. The monoisotopic (exact) mass is 392 g/mol. The lowest BCUT2D eigenvalue weighted by Crippen LogP contribution is -2.30. The molecule has 1 N–H and O–H groups in total. The fourth-order valence-electron chi connectivity index (χ4n) is 2.22. The number of nitrogens with zero attached hydrogens (tertiary/aromatic N) is 1. The molecule has 0 aliphatic carbocycles. The molecule has 0 aromatic heterocycles. The van der Waals surface area contributed by atoms with Crippen molar-refractivity contribution in [2.45, 2.75) is 6.42 Å². The molecule has 0 bridgehead atoms. The van der Waals surface area contributed by atoms with Crippen molar-refractivity contribution in [2.75, 3.05) is 20.3 Å². The third-order valence-corrected chi connectivity index (χ3v) is 3.84. The number of benzene rings is 2. The van der Waals surface area contributed by atoms with Crippen LogP contribution in [0.1, 0.15) is 15.9 Å². The molecule has 142 valence electrons. The summed E-state index contributed by atoms with van der Waals surface area (Å²) >= 11 is 5.81. The largest absolute Gasteiger partial charge is 0.477 e. The quantitative estimate of drug-likeness (QED) is 0.420. The van der Waals surface area contributed by atoms with Crippen molar-refractivity contribution >= 4 is 29.2 Å². The van der Waals surface area contributed by atoms with Gasteiger partial charge in [0, 0.05) is 23.7 Å². The highest BCUT2D eigenvalue weighted by Crippen LogP contribution is 2.28. The third-order valence-electron chi connectivity index (χ3n) is 3.59. The topological polar surface area (TPSA) is 108 Å². The number of rotatable bonds is 8. The number of halogens is 1. The first-order valence-electron chi connectivity index (χ1n) is 7.91. The summed E-state index contributed by atoms with van der Waals surface area (Å²) in [6.45, 7) is -0.0554. The average molecular weight is 393 g/mol. The van der Waals surface area contributed by atoms with Gasteiger partial charge in [0.1, 0.15) is 0 Å². The van der Waals surface area contributed by atoms with E-state index in [1.807, 2.05) is 12.1 Å². The van der Waals surface area contributed by atoms with Gasteiger partial charge in [-0.3, -0.25) is 14.9 Å². The molecule has 0 heterocycles. The van der Waals surface area contributed by atoms with Gasteiger partial charge in [-0.25, -0.2) is 4.79 Å². The van der Waals surface area contributed by atoms with Crippen molar-refractivity contribution in [1.82, 2.24) is 5.32 Å². The van der Waals surface area contributed by atoms with Gasteiger partial charge in [-0.1, -0.05) is 23.7 Å². The van der Waals surface area contributed by atoms with Gasteiger partial charge < -0.3 is 14.8 Å². The third kappa shape index (κ3) is 5.96. The van der Waals surface area contributed by atoms with Gasteiger partial charge in [-0.2, -0.15) is 0 Å². The summed E-state index contributed by atoms with van der Waals surface area (Å²) in [5.41, 5.74) is 0.736. The SMILES string of the molecule is COC(=O)c1ccc([N+](=O)[O-])c(OCC(=O)NCCc2ccc(Cl)cc2)c1. The molecule has 9 heteroatoms. The summed E-state index contributed by atoms with van der Waals surface area (Å²) in [7, 11) is 1.19. The molecule has 27 heavy (non-hydrogen) atoms. The van der Waals surface area contributed by atoms with Crippen LogP contribution in [0.25, 0.3) is 0 Å². The van der Waals surface area contributed by atoms with Crippen molar-refractivity contribution in [1.29, 1.82) is 0 Å². The lowest BCUT2D eigenvalue weighted by molar-refractivity contribution is -0.385. The predicted octanol–water partition coefficient (Wildman–Crippen LogP) is 2.77. The Bertz CT molecular complexity index is 838. The van der Waals surface area contributed by atoms with E-state index in [0.29, 0.717) is 18.0 Å². The summed E-state index contributed by atoms with van der Waals surface area (Å²) in [5.74, 6) is -1.29. The Morgan fingerprint density at radius 2 is 1.89 bits per heavy atom. The highest BCUT2D eigenvalue weighted by Gasteiger charge is 2.19. The number of nitrogens with one attached hydrogen (secondary N) is 1. The van der Waals surface area contributed by atoms with Crippen LogP contribution in [0.3, 0.4) is 0 Å². The number of methoxy groups -OCH3 is 1. The van der Waals surface area contributed by atoms with Gasteiger partial charge in [0.05, 0.1) is 17.6 Å². The number of nitro groups is 1. The van der Waals surface area contributed by atoms with Crippen LogP contribution >= 0.6 is 11.6 Å². The molecule has 0 fully saturated rings. The standard InChI is InChI=1S/C18H17ClN2O6/c1-26-18(23)13-4-7-15(21(24)25)16(10-13)27-11-17(22)20-9-8-12-2-5-14(19)6-3-12/h2-7,10H,8-9,11H2,1H3,(H,20,22). The van der Waals surface area contributed by atoms with Gasteiger partial charge in [-0.05, 0) is 30.2 Å². The summed E-state index contributed by atoms with van der Waals surface area (Å²) < 4.78 is 9.80. The van der Waals surface area contributed by atoms with Crippen LogP contribution in [-0.2, 0) is 16.0 Å². The zero-order valence-corrected chi connectivity index (χ0v) is 15.2. The smallest absolute Gasteiger partial charge is 0.337 e. The molecule has 0 unspecified atom stereocenters. The number of ether oxygens (including phenoxy) is 2. The van der Waals surface area contributed by atoms with Crippen molar-refractivity contribution in [2.24, 2.45) is 0 Å². The van der Waals surface area contributed by atoms with E-state index in [4.69, 9.17) is 16.3 Å². The molecule has 0 spiro atoms. The van der Waals surface area contributed by atoms with Crippen molar-refractivity contribution in [3.8, 4) is 5.75 Å². The molecule has 2 aromatic rings. The van der Waals surface area contributed by atoms with E-state index in [9.17, 15) is 19.7 Å². The number of carbonyl (C=O) groups is 2. The Kier molecular flexibility index (Phi) is 7.13. The summed E-state index contributed by atoms with van der Waals surface area (Å²) in [4.78, 5) is 33.9. The number of amides is 1. The second-order valence-corrected chi connectivity index (χ2v) is 5.88. The van der Waals surface area contributed by atoms with Crippen LogP contribution in [0.5, 0.6) is 5.75 Å². The van der Waals surface area contributed by atoms with Crippen molar-refractivity contribution < 1.29 is 24.0 Å². The maximum Gasteiger partial charge on any atom is 0.337 e. The lowest BCUT2D eigenvalue weighted by Gasteiger charge is -2.09. The van der Waals surface area contributed by atoms with E-state index in [2.05, 4.69) is 10.1 Å². The first-order valence-corrected chi connectivity index (χ1v) is 8.29. The minimum Gasteiger partial charge on any atom is -0.477 e. The number of hydrogen-bond acceptors (Lipinski definition) is 6. The molecule has 0 saturated carbocycles. The van der Waals surface area contributed by atoms with Crippen LogP contribution < -0.4 is 10.1 Å². The summed E-state index contributed by atoms with van der Waals surface area (Å²) in [5, 5.41) is 14.4. The maximum atomic E-state index is 11.9. The minimum absolute atomic E-state index is 0.0845. The Labute approximate surface area is 160 Å². The predicted molar refractivity (Wildman–Crippen MR) is 98.1 cm³/mol. The zero-order chi connectivity index (χ0) is 19.8. The molecule has 0 atom stereocenters. The van der Waals surface area contributed by atoms with Gasteiger partial charge in [0.25, 0.3) is 5.91 Å². The van der Waals surface area contributed by atoms with Crippen LogP contribution in [0.15, 0.2) is 42.5 Å². The molecular weight excluding hydrogens is 376 g/mol. The normalized spacial score (nSPS) is 10.1. The molecule has 0 radical (unpaired) electrons. The second-order valence-electron chi connectivity index (χ2n) is 5.45. The van der Waals surface area contributed by atoms with Crippen LogP contribution in [0, 0.1) is 10.1 Å². The fraction of sp³-hybridized carbons (Fsp3) is 0.222. The van der Waals surface area contributed by atoms with Gasteiger partial charge in [-0.15, -0.1) is 0 Å². The molecule has 0 aliphatic heterocycles. The van der Waals surface area contributed by atoms with Crippen LogP contribution in [-0.4, -0.2) is 37.1 Å². The van der Waals surface area contributed by atoms with Gasteiger partial charge in [0.15, 0.2) is 12.4 Å². The van der Waals surface area contributed by atoms with E-state index in [1.165, 1.54) is 19.2 Å².